The first-order valence-electron chi connectivity index (χ1n) is 5.96. The van der Waals surface area contributed by atoms with E-state index in [1.54, 1.807) is 30.3 Å². The van der Waals surface area contributed by atoms with E-state index in [0.717, 1.165) is 20.7 Å². The number of benzene rings is 1. The molecule has 0 aliphatic rings. The van der Waals surface area contributed by atoms with E-state index in [9.17, 15) is 13.2 Å². The third-order valence-corrected chi connectivity index (χ3v) is 6.14. The lowest BCUT2D eigenvalue weighted by Crippen LogP contribution is -2.11. The zero-order valence-corrected chi connectivity index (χ0v) is 14.0. The first-order valence-corrected chi connectivity index (χ1v) is 9.05. The molecule has 0 aliphatic carbocycles. The highest BCUT2D eigenvalue weighted by atomic mass is 79.9. The van der Waals surface area contributed by atoms with Crippen LogP contribution < -0.4 is 4.72 Å². The van der Waals surface area contributed by atoms with Gasteiger partial charge in [-0.15, -0.1) is 11.3 Å². The number of hydrogen-bond acceptors (Lipinski definition) is 4. The van der Waals surface area contributed by atoms with Crippen LogP contribution in [0, 0.1) is 0 Å². The highest BCUT2D eigenvalue weighted by Gasteiger charge is 2.16. The van der Waals surface area contributed by atoms with Crippen molar-refractivity contribution >= 4 is 48.9 Å². The number of thiophene rings is 1. The van der Waals surface area contributed by atoms with Gasteiger partial charge in [0, 0.05) is 12.1 Å². The molecule has 8 heteroatoms. The second-order valence-electron chi connectivity index (χ2n) is 4.25. The summed E-state index contributed by atoms with van der Waals surface area (Å²) in [7, 11) is -3.59. The molecule has 0 atom stereocenters. The van der Waals surface area contributed by atoms with Crippen LogP contribution in [0.5, 0.6) is 0 Å². The highest BCUT2D eigenvalue weighted by molar-refractivity contribution is 9.11. The van der Waals surface area contributed by atoms with E-state index in [1.165, 1.54) is 6.07 Å². The molecular formula is C13H12BrNO4S2. The molecular weight excluding hydrogens is 378 g/mol. The van der Waals surface area contributed by atoms with Gasteiger partial charge < -0.3 is 5.11 Å². The first-order chi connectivity index (χ1) is 9.87. The van der Waals surface area contributed by atoms with Crippen molar-refractivity contribution in [2.75, 3.05) is 4.72 Å². The number of sulfonamides is 1. The van der Waals surface area contributed by atoms with E-state index in [4.69, 9.17) is 5.11 Å². The van der Waals surface area contributed by atoms with Crippen molar-refractivity contribution in [1.82, 2.24) is 0 Å². The molecule has 0 aliphatic heterocycles. The predicted octanol–water partition coefficient (Wildman–Crippen LogP) is 3.33. The third-order valence-electron chi connectivity index (χ3n) is 2.65. The Balaban J connectivity index is 2.08. The van der Waals surface area contributed by atoms with Crippen LogP contribution in [0.2, 0.25) is 0 Å². The summed E-state index contributed by atoms with van der Waals surface area (Å²) >= 11 is 4.36. The maximum atomic E-state index is 12.1. The molecule has 0 bridgehead atoms. The second-order valence-corrected chi connectivity index (χ2v) is 8.63. The number of hydrogen-bond donors (Lipinski definition) is 2. The Labute approximate surface area is 134 Å². The third kappa shape index (κ3) is 4.55. The fraction of sp³-hybridized carbons (Fsp3) is 0.154. The summed E-state index contributed by atoms with van der Waals surface area (Å²) in [4.78, 5) is 10.5. The van der Waals surface area contributed by atoms with Crippen LogP contribution in [0.15, 0.2) is 44.4 Å². The van der Waals surface area contributed by atoms with Gasteiger partial charge in [-0.2, -0.15) is 0 Å². The van der Waals surface area contributed by atoms with Gasteiger partial charge in [0.25, 0.3) is 10.0 Å². The minimum atomic E-state index is -3.59. The normalized spacial score (nSPS) is 11.3. The van der Waals surface area contributed by atoms with Gasteiger partial charge in [-0.05, 0) is 52.2 Å². The van der Waals surface area contributed by atoms with E-state index in [2.05, 4.69) is 20.7 Å². The first kappa shape index (κ1) is 16.0. The zero-order chi connectivity index (χ0) is 15.5. The molecule has 0 unspecified atom stereocenters. The summed E-state index contributed by atoms with van der Waals surface area (Å²) in [5, 5.41) is 8.62. The van der Waals surface area contributed by atoms with Crippen molar-refractivity contribution in [3.05, 3.63) is 45.7 Å². The van der Waals surface area contributed by atoms with Crippen LogP contribution in [0.4, 0.5) is 5.69 Å². The molecule has 1 heterocycles. The van der Waals surface area contributed by atoms with Crippen LogP contribution >= 0.6 is 27.3 Å². The molecule has 1 aromatic heterocycles. The zero-order valence-electron chi connectivity index (χ0n) is 10.7. The number of carbonyl (C=O) groups is 1. The van der Waals surface area contributed by atoms with E-state index in [0.29, 0.717) is 12.1 Å². The molecule has 2 aromatic rings. The smallest absolute Gasteiger partial charge is 0.303 e. The van der Waals surface area contributed by atoms with Crippen LogP contribution in [-0.2, 0) is 21.2 Å². The van der Waals surface area contributed by atoms with Crippen molar-refractivity contribution in [3.8, 4) is 0 Å². The van der Waals surface area contributed by atoms with Crippen molar-refractivity contribution in [1.29, 1.82) is 0 Å². The van der Waals surface area contributed by atoms with Gasteiger partial charge in [0.05, 0.1) is 3.79 Å². The lowest BCUT2D eigenvalue weighted by Gasteiger charge is -2.07. The van der Waals surface area contributed by atoms with Gasteiger partial charge in [-0.3, -0.25) is 9.52 Å². The molecule has 2 N–H and O–H groups in total. The Hall–Kier alpha value is -1.38. The van der Waals surface area contributed by atoms with Gasteiger partial charge in [-0.1, -0.05) is 12.1 Å². The molecule has 112 valence electrons. The highest BCUT2D eigenvalue weighted by Crippen LogP contribution is 2.27. The Bertz CT molecular complexity index is 738. The van der Waals surface area contributed by atoms with Crippen LogP contribution in [0.3, 0.4) is 0 Å². The molecule has 5 nitrogen and oxygen atoms in total. The van der Waals surface area contributed by atoms with Gasteiger partial charge in [0.15, 0.2) is 0 Å². The van der Waals surface area contributed by atoms with E-state index in [1.807, 2.05) is 0 Å². The number of aryl methyl sites for hydroxylation is 1. The van der Waals surface area contributed by atoms with Crippen LogP contribution in [0.25, 0.3) is 0 Å². The molecule has 0 spiro atoms. The quantitative estimate of drug-likeness (QED) is 0.793. The van der Waals surface area contributed by atoms with E-state index >= 15 is 0 Å². The summed E-state index contributed by atoms with van der Waals surface area (Å²) in [6, 6.07) is 9.87. The number of carboxylic acids is 1. The monoisotopic (exact) mass is 389 g/mol. The molecule has 0 saturated heterocycles. The number of nitrogens with one attached hydrogen (secondary N) is 1. The van der Waals surface area contributed by atoms with Gasteiger partial charge in [-0.25, -0.2) is 8.42 Å². The fourth-order valence-electron chi connectivity index (χ4n) is 1.64. The summed E-state index contributed by atoms with van der Waals surface area (Å²) in [6.45, 7) is 0. The van der Waals surface area contributed by atoms with Gasteiger partial charge in [0.2, 0.25) is 0 Å². The summed E-state index contributed by atoms with van der Waals surface area (Å²) < 4.78 is 27.7. The Morgan fingerprint density at radius 1 is 1.19 bits per heavy atom. The Kier molecular flexibility index (Phi) is 5.02. The largest absolute Gasteiger partial charge is 0.481 e. The number of aliphatic carboxylic acids is 1. The number of carboxylic acid groups (broad SMARTS) is 1. The standard InChI is InChI=1S/C13H12BrNO4S2/c14-11-6-8-13(20-11)21(18,19)15-10-4-1-9(2-5-10)3-7-12(16)17/h1-2,4-6,8,15H,3,7H2,(H,16,17). The SMILES string of the molecule is O=C(O)CCc1ccc(NS(=O)(=O)c2ccc(Br)s2)cc1. The number of anilines is 1. The Morgan fingerprint density at radius 3 is 2.38 bits per heavy atom. The molecule has 0 amide bonds. The van der Waals surface area contributed by atoms with Crippen LogP contribution in [-0.4, -0.2) is 19.5 Å². The summed E-state index contributed by atoms with van der Waals surface area (Å²) in [6.07, 6.45) is 0.467. The molecule has 2 rings (SSSR count). The minimum absolute atomic E-state index is 0.0499. The average molecular weight is 390 g/mol. The van der Waals surface area contributed by atoms with Gasteiger partial charge in [0.1, 0.15) is 4.21 Å². The minimum Gasteiger partial charge on any atom is -0.481 e. The lowest BCUT2D eigenvalue weighted by atomic mass is 10.1. The Morgan fingerprint density at radius 2 is 1.86 bits per heavy atom. The maximum absolute atomic E-state index is 12.1. The fourth-order valence-corrected chi connectivity index (χ4v) is 4.71. The van der Waals surface area contributed by atoms with Crippen LogP contribution in [0.1, 0.15) is 12.0 Å². The van der Waals surface area contributed by atoms with Gasteiger partial charge >= 0.3 is 5.97 Å². The van der Waals surface area contributed by atoms with Crippen molar-refractivity contribution in [2.24, 2.45) is 0 Å². The topological polar surface area (TPSA) is 83.5 Å². The van der Waals surface area contributed by atoms with Crippen molar-refractivity contribution in [3.63, 3.8) is 0 Å². The van der Waals surface area contributed by atoms with E-state index < -0.39 is 16.0 Å². The predicted molar refractivity (Wildman–Crippen MR) is 85.2 cm³/mol. The molecule has 0 fully saturated rings. The summed E-state index contributed by atoms with van der Waals surface area (Å²) in [5.41, 5.74) is 1.29. The number of rotatable bonds is 6. The van der Waals surface area contributed by atoms with E-state index in [-0.39, 0.29) is 10.6 Å². The number of halogens is 1. The summed E-state index contributed by atoms with van der Waals surface area (Å²) in [5.74, 6) is -0.858. The lowest BCUT2D eigenvalue weighted by molar-refractivity contribution is -0.136. The molecule has 21 heavy (non-hydrogen) atoms. The van der Waals surface area contributed by atoms with Crippen molar-refractivity contribution in [2.45, 2.75) is 17.1 Å². The molecule has 1 aromatic carbocycles. The average Bonchev–Trinajstić information content (AvgIpc) is 2.85. The second kappa shape index (κ2) is 6.59. The maximum Gasteiger partial charge on any atom is 0.303 e. The molecule has 0 radical (unpaired) electrons. The van der Waals surface area contributed by atoms with Crippen molar-refractivity contribution < 1.29 is 18.3 Å². The molecule has 0 saturated carbocycles.